The van der Waals surface area contributed by atoms with Crippen molar-refractivity contribution in [2.75, 3.05) is 5.88 Å². The van der Waals surface area contributed by atoms with Crippen LogP contribution in [0.15, 0.2) is 42.1 Å². The summed E-state index contributed by atoms with van der Waals surface area (Å²) in [4.78, 5) is 4.42. The Bertz CT molecular complexity index is 506. The lowest BCUT2D eigenvalue weighted by atomic mass is 10.1. The quantitative estimate of drug-likeness (QED) is 0.719. The fraction of sp³-hybridized carbons (Fsp3) is 0.214. The van der Waals surface area contributed by atoms with E-state index in [1.807, 2.05) is 12.3 Å². The van der Waals surface area contributed by atoms with E-state index >= 15 is 0 Å². The van der Waals surface area contributed by atoms with Crippen molar-refractivity contribution in [1.82, 2.24) is 4.98 Å². The van der Waals surface area contributed by atoms with E-state index in [1.165, 1.54) is 11.0 Å². The summed E-state index contributed by atoms with van der Waals surface area (Å²) in [5, 5.41) is 1.17. The molecule has 1 aromatic heterocycles. The van der Waals surface area contributed by atoms with Crippen molar-refractivity contribution < 1.29 is 0 Å². The fourth-order valence-corrected chi connectivity index (χ4v) is 1.97. The molecule has 0 spiro atoms. The molecular formula is C14H14ClN. The van der Waals surface area contributed by atoms with E-state index in [9.17, 15) is 0 Å². The highest BCUT2D eigenvalue weighted by Gasteiger charge is 2.00. The van der Waals surface area contributed by atoms with Gasteiger partial charge >= 0.3 is 0 Å². The molecule has 0 saturated carbocycles. The molecule has 0 aliphatic rings. The number of nitrogens with zero attached hydrogens (tertiary/aromatic N) is 1. The van der Waals surface area contributed by atoms with E-state index in [0.717, 1.165) is 17.5 Å². The fourth-order valence-electron chi connectivity index (χ4n) is 1.70. The minimum absolute atomic E-state index is 0.583. The topological polar surface area (TPSA) is 12.9 Å². The van der Waals surface area contributed by atoms with Crippen molar-refractivity contribution in [2.24, 2.45) is 0 Å². The zero-order valence-electron chi connectivity index (χ0n) is 9.28. The van der Waals surface area contributed by atoms with Crippen LogP contribution in [0.4, 0.5) is 0 Å². The lowest BCUT2D eigenvalue weighted by molar-refractivity contribution is 1.12. The van der Waals surface area contributed by atoms with Gasteiger partial charge in [-0.05, 0) is 12.5 Å². The molecule has 0 atom stereocenters. The number of allylic oxidation sites excluding steroid dienone is 1. The molecule has 0 aliphatic heterocycles. The highest BCUT2D eigenvalue weighted by molar-refractivity contribution is 6.19. The maximum absolute atomic E-state index is 5.88. The van der Waals surface area contributed by atoms with Gasteiger partial charge < -0.3 is 0 Å². The first-order chi connectivity index (χ1) is 7.85. The Morgan fingerprint density at radius 2 is 2.12 bits per heavy atom. The monoisotopic (exact) mass is 231 g/mol. The first kappa shape index (κ1) is 11.2. The average Bonchev–Trinajstić information content (AvgIpc) is 2.36. The molecule has 82 valence electrons. The molecule has 2 rings (SSSR count). The molecule has 0 unspecified atom stereocenters. The van der Waals surface area contributed by atoms with Crippen molar-refractivity contribution in [1.29, 1.82) is 0 Å². The smallest absolute Gasteiger partial charge is 0.0774 e. The van der Waals surface area contributed by atoms with Crippen LogP contribution in [0.5, 0.6) is 0 Å². The number of pyridine rings is 1. The average molecular weight is 232 g/mol. The van der Waals surface area contributed by atoms with Crippen LogP contribution in [0.3, 0.4) is 0 Å². The second-order valence-corrected chi connectivity index (χ2v) is 3.98. The van der Waals surface area contributed by atoms with Gasteiger partial charge in [0.15, 0.2) is 0 Å². The van der Waals surface area contributed by atoms with Crippen LogP contribution in [0.25, 0.3) is 17.0 Å². The van der Waals surface area contributed by atoms with Gasteiger partial charge in [0.05, 0.1) is 5.52 Å². The molecule has 0 amide bonds. The summed E-state index contributed by atoms with van der Waals surface area (Å²) in [5.41, 5.74) is 3.43. The maximum atomic E-state index is 5.88. The summed E-state index contributed by atoms with van der Waals surface area (Å²) < 4.78 is 0. The Morgan fingerprint density at radius 1 is 1.31 bits per heavy atom. The molecule has 1 nitrogen and oxygen atoms in total. The Kier molecular flexibility index (Phi) is 3.58. The Hall–Kier alpha value is -1.34. The van der Waals surface area contributed by atoms with Gasteiger partial charge in [-0.3, -0.25) is 4.98 Å². The molecule has 0 saturated heterocycles. The Balaban J connectivity index is 2.56. The van der Waals surface area contributed by atoms with Crippen molar-refractivity contribution in [3.05, 3.63) is 47.7 Å². The molecule has 2 heteroatoms. The van der Waals surface area contributed by atoms with Gasteiger partial charge in [-0.1, -0.05) is 42.8 Å². The molecule has 0 N–H and O–H groups in total. The van der Waals surface area contributed by atoms with Crippen LogP contribution in [0, 0.1) is 0 Å². The highest BCUT2D eigenvalue weighted by Crippen LogP contribution is 2.19. The van der Waals surface area contributed by atoms with Crippen LogP contribution in [-0.2, 0) is 0 Å². The van der Waals surface area contributed by atoms with Gasteiger partial charge in [0.2, 0.25) is 0 Å². The summed E-state index contributed by atoms with van der Waals surface area (Å²) in [6, 6.07) is 10.2. The largest absolute Gasteiger partial charge is 0.256 e. The lowest BCUT2D eigenvalue weighted by Crippen LogP contribution is -1.86. The lowest BCUT2D eigenvalue weighted by Gasteiger charge is -2.03. The first-order valence-corrected chi connectivity index (χ1v) is 5.97. The number of para-hydroxylation sites is 1. The van der Waals surface area contributed by atoms with Gasteiger partial charge in [0.1, 0.15) is 0 Å². The van der Waals surface area contributed by atoms with E-state index < -0.39 is 0 Å². The SMILES string of the molecule is CCC(=Cc1cccc2cccnc12)CCl. The van der Waals surface area contributed by atoms with E-state index in [-0.39, 0.29) is 0 Å². The summed E-state index contributed by atoms with van der Waals surface area (Å²) in [6.45, 7) is 2.12. The highest BCUT2D eigenvalue weighted by atomic mass is 35.5. The zero-order valence-corrected chi connectivity index (χ0v) is 10.0. The molecule has 0 radical (unpaired) electrons. The molecule has 0 fully saturated rings. The molecular weight excluding hydrogens is 218 g/mol. The number of aromatic nitrogens is 1. The number of fused-ring (bicyclic) bond motifs is 1. The van der Waals surface area contributed by atoms with Gasteiger partial charge in [-0.25, -0.2) is 0 Å². The molecule has 16 heavy (non-hydrogen) atoms. The van der Waals surface area contributed by atoms with Gasteiger partial charge in [-0.15, -0.1) is 11.6 Å². The van der Waals surface area contributed by atoms with E-state index in [4.69, 9.17) is 11.6 Å². The van der Waals surface area contributed by atoms with Crippen molar-refractivity contribution >= 4 is 28.6 Å². The predicted octanol–water partition coefficient (Wildman–Crippen LogP) is 4.27. The minimum Gasteiger partial charge on any atom is -0.256 e. The molecule has 2 aromatic rings. The third-order valence-corrected chi connectivity index (χ3v) is 2.99. The van der Waals surface area contributed by atoms with E-state index in [0.29, 0.717) is 5.88 Å². The minimum atomic E-state index is 0.583. The second-order valence-electron chi connectivity index (χ2n) is 3.71. The van der Waals surface area contributed by atoms with Crippen LogP contribution < -0.4 is 0 Å². The van der Waals surface area contributed by atoms with Crippen molar-refractivity contribution in [3.63, 3.8) is 0 Å². The first-order valence-electron chi connectivity index (χ1n) is 5.44. The van der Waals surface area contributed by atoms with Crippen LogP contribution in [0.1, 0.15) is 18.9 Å². The van der Waals surface area contributed by atoms with Gasteiger partial charge in [-0.2, -0.15) is 0 Å². The molecule has 0 bridgehead atoms. The van der Waals surface area contributed by atoms with Crippen LogP contribution >= 0.6 is 11.6 Å². The number of benzene rings is 1. The number of rotatable bonds is 3. The van der Waals surface area contributed by atoms with E-state index in [2.05, 4.69) is 42.2 Å². The predicted molar refractivity (Wildman–Crippen MR) is 70.7 cm³/mol. The van der Waals surface area contributed by atoms with Gasteiger partial charge in [0.25, 0.3) is 0 Å². The zero-order chi connectivity index (χ0) is 11.4. The molecule has 0 aliphatic carbocycles. The van der Waals surface area contributed by atoms with Crippen molar-refractivity contribution in [3.8, 4) is 0 Å². The van der Waals surface area contributed by atoms with E-state index in [1.54, 1.807) is 0 Å². The van der Waals surface area contributed by atoms with Gasteiger partial charge in [0, 0.05) is 23.0 Å². The number of halogens is 1. The number of hydrogen-bond donors (Lipinski definition) is 0. The Morgan fingerprint density at radius 3 is 2.88 bits per heavy atom. The standard InChI is InChI=1S/C14H14ClN/c1-2-11(10-15)9-13-6-3-5-12-7-4-8-16-14(12)13/h3-9H,2,10H2,1H3. The molecule has 1 aromatic carbocycles. The molecule has 1 heterocycles. The number of hydrogen-bond acceptors (Lipinski definition) is 1. The summed E-state index contributed by atoms with van der Waals surface area (Å²) >= 11 is 5.88. The summed E-state index contributed by atoms with van der Waals surface area (Å²) in [7, 11) is 0. The second kappa shape index (κ2) is 5.13. The summed E-state index contributed by atoms with van der Waals surface area (Å²) in [6.07, 6.45) is 4.95. The number of alkyl halides is 1. The Labute approximate surface area is 101 Å². The van der Waals surface area contributed by atoms with Crippen LogP contribution in [-0.4, -0.2) is 10.9 Å². The summed E-state index contributed by atoms with van der Waals surface area (Å²) in [5.74, 6) is 0.583. The third kappa shape index (κ3) is 2.25. The normalized spacial score (nSPS) is 12.0. The van der Waals surface area contributed by atoms with Crippen molar-refractivity contribution in [2.45, 2.75) is 13.3 Å². The third-order valence-electron chi connectivity index (χ3n) is 2.65. The van der Waals surface area contributed by atoms with Crippen LogP contribution in [0.2, 0.25) is 0 Å². The maximum Gasteiger partial charge on any atom is 0.0774 e.